The summed E-state index contributed by atoms with van der Waals surface area (Å²) in [6.45, 7) is 1.74. The lowest BCUT2D eigenvalue weighted by Gasteiger charge is -2.18. The number of nitro groups is 1. The predicted molar refractivity (Wildman–Crippen MR) is 101 cm³/mol. The second-order valence-corrected chi connectivity index (χ2v) is 6.49. The molecular formula is C18H18BrN3O4. The highest BCUT2D eigenvalue weighted by Gasteiger charge is 2.15. The van der Waals surface area contributed by atoms with Gasteiger partial charge in [0.05, 0.1) is 17.5 Å². The van der Waals surface area contributed by atoms with E-state index in [1.807, 2.05) is 31.2 Å². The van der Waals surface area contributed by atoms with E-state index in [1.165, 1.54) is 24.3 Å². The molecule has 8 heteroatoms. The molecule has 1 atom stereocenters. The number of non-ortho nitro benzene ring substituents is 1. The van der Waals surface area contributed by atoms with Gasteiger partial charge in [0.2, 0.25) is 5.91 Å². The van der Waals surface area contributed by atoms with Crippen LogP contribution in [0.3, 0.4) is 0 Å². The fourth-order valence-electron chi connectivity index (χ4n) is 2.38. The minimum Gasteiger partial charge on any atom is -0.348 e. The van der Waals surface area contributed by atoms with Crippen molar-refractivity contribution in [3.8, 4) is 0 Å². The topological polar surface area (TPSA) is 101 Å². The summed E-state index contributed by atoms with van der Waals surface area (Å²) in [5.41, 5.74) is 0.921. The van der Waals surface area contributed by atoms with Crippen molar-refractivity contribution in [2.75, 3.05) is 6.54 Å². The number of amides is 2. The van der Waals surface area contributed by atoms with Gasteiger partial charge in [0, 0.05) is 22.2 Å². The van der Waals surface area contributed by atoms with E-state index in [2.05, 4.69) is 26.6 Å². The van der Waals surface area contributed by atoms with Crippen molar-refractivity contribution < 1.29 is 14.5 Å². The molecule has 0 aliphatic carbocycles. The Morgan fingerprint density at radius 3 is 2.50 bits per heavy atom. The highest BCUT2D eigenvalue weighted by molar-refractivity contribution is 9.10. The third kappa shape index (κ3) is 5.38. The molecule has 2 aromatic rings. The first-order valence-corrected chi connectivity index (χ1v) is 8.77. The third-order valence-corrected chi connectivity index (χ3v) is 4.27. The van der Waals surface area contributed by atoms with Gasteiger partial charge in [-0.05, 0) is 30.2 Å². The van der Waals surface area contributed by atoms with Gasteiger partial charge in [-0.15, -0.1) is 0 Å². The maximum atomic E-state index is 12.1. The number of nitrogens with one attached hydrogen (secondary N) is 2. The van der Waals surface area contributed by atoms with Crippen LogP contribution < -0.4 is 10.6 Å². The summed E-state index contributed by atoms with van der Waals surface area (Å²) in [6, 6.07) is 12.8. The summed E-state index contributed by atoms with van der Waals surface area (Å²) in [5, 5.41) is 16.1. The van der Waals surface area contributed by atoms with Crippen molar-refractivity contribution in [3.63, 3.8) is 0 Å². The van der Waals surface area contributed by atoms with Gasteiger partial charge in [-0.3, -0.25) is 19.7 Å². The van der Waals surface area contributed by atoms with Crippen LogP contribution in [0.5, 0.6) is 0 Å². The summed E-state index contributed by atoms with van der Waals surface area (Å²) in [7, 11) is 0. The first-order valence-electron chi connectivity index (χ1n) is 7.98. The average molecular weight is 420 g/mol. The number of nitro benzene ring substituents is 1. The fourth-order valence-corrected chi connectivity index (χ4v) is 2.65. The average Bonchev–Trinajstić information content (AvgIpc) is 2.65. The summed E-state index contributed by atoms with van der Waals surface area (Å²) < 4.78 is 0.951. The largest absolute Gasteiger partial charge is 0.348 e. The Balaban J connectivity index is 1.93. The molecule has 0 radical (unpaired) electrons. The van der Waals surface area contributed by atoms with Crippen LogP contribution in [0.2, 0.25) is 0 Å². The van der Waals surface area contributed by atoms with Gasteiger partial charge in [0.15, 0.2) is 0 Å². The lowest BCUT2D eigenvalue weighted by atomic mass is 10.0. The van der Waals surface area contributed by atoms with E-state index in [0.29, 0.717) is 6.42 Å². The molecule has 0 aliphatic heterocycles. The molecule has 0 saturated heterocycles. The van der Waals surface area contributed by atoms with Gasteiger partial charge in [-0.2, -0.15) is 0 Å². The molecule has 0 bridgehead atoms. The van der Waals surface area contributed by atoms with E-state index >= 15 is 0 Å². The van der Waals surface area contributed by atoms with Crippen LogP contribution in [0.15, 0.2) is 53.0 Å². The normalized spacial score (nSPS) is 11.5. The van der Waals surface area contributed by atoms with Gasteiger partial charge in [0.1, 0.15) is 0 Å². The first-order chi connectivity index (χ1) is 12.4. The molecule has 0 spiro atoms. The number of hydrogen-bond donors (Lipinski definition) is 2. The van der Waals surface area contributed by atoms with Crippen LogP contribution >= 0.6 is 15.9 Å². The molecule has 2 aromatic carbocycles. The Kier molecular flexibility index (Phi) is 6.85. The van der Waals surface area contributed by atoms with E-state index in [1.54, 1.807) is 0 Å². The Bertz CT molecular complexity index is 808. The fraction of sp³-hybridized carbons (Fsp3) is 0.222. The minimum atomic E-state index is -0.576. The lowest BCUT2D eigenvalue weighted by molar-refractivity contribution is -0.384. The van der Waals surface area contributed by atoms with Crippen molar-refractivity contribution in [1.82, 2.24) is 10.6 Å². The van der Waals surface area contributed by atoms with Crippen molar-refractivity contribution in [2.45, 2.75) is 19.4 Å². The maximum absolute atomic E-state index is 12.1. The molecule has 0 fully saturated rings. The molecule has 0 aliphatic rings. The smallest absolute Gasteiger partial charge is 0.270 e. The van der Waals surface area contributed by atoms with Gasteiger partial charge in [-0.1, -0.05) is 41.1 Å². The number of hydrogen-bond acceptors (Lipinski definition) is 4. The number of nitrogens with zero attached hydrogens (tertiary/aromatic N) is 1. The summed E-state index contributed by atoms with van der Waals surface area (Å²) in [4.78, 5) is 34.4. The number of carbonyl (C=O) groups excluding carboxylic acids is 2. The zero-order chi connectivity index (χ0) is 19.1. The van der Waals surface area contributed by atoms with Gasteiger partial charge in [-0.25, -0.2) is 0 Å². The van der Waals surface area contributed by atoms with Crippen LogP contribution in [0, 0.1) is 10.1 Å². The molecule has 26 heavy (non-hydrogen) atoms. The van der Waals surface area contributed by atoms with Crippen LogP contribution in [-0.4, -0.2) is 23.3 Å². The van der Waals surface area contributed by atoms with Gasteiger partial charge >= 0.3 is 0 Å². The van der Waals surface area contributed by atoms with E-state index in [9.17, 15) is 19.7 Å². The molecule has 2 rings (SSSR count). The van der Waals surface area contributed by atoms with Gasteiger partial charge < -0.3 is 10.6 Å². The number of rotatable bonds is 7. The Morgan fingerprint density at radius 1 is 1.19 bits per heavy atom. The highest BCUT2D eigenvalue weighted by atomic mass is 79.9. The SMILES string of the molecule is CCC(NC(=O)CNC(=O)c1cccc([N+](=O)[O-])c1)c1ccc(Br)cc1. The van der Waals surface area contributed by atoms with Crippen LogP contribution in [0.1, 0.15) is 35.3 Å². The Morgan fingerprint density at radius 2 is 1.88 bits per heavy atom. The highest BCUT2D eigenvalue weighted by Crippen LogP contribution is 2.19. The van der Waals surface area contributed by atoms with Crippen molar-refractivity contribution >= 4 is 33.4 Å². The summed E-state index contributed by atoms with van der Waals surface area (Å²) in [5.74, 6) is -0.876. The van der Waals surface area contributed by atoms with Gasteiger partial charge in [0.25, 0.3) is 11.6 Å². The standard InChI is InChI=1S/C18H18BrN3O4/c1-2-16(12-6-8-14(19)9-7-12)21-17(23)11-20-18(24)13-4-3-5-15(10-13)22(25)26/h3-10,16H,2,11H2,1H3,(H,20,24)(H,21,23). The molecule has 0 aromatic heterocycles. The van der Waals surface area contributed by atoms with E-state index < -0.39 is 10.8 Å². The molecular weight excluding hydrogens is 402 g/mol. The first kappa shape index (κ1) is 19.6. The number of carbonyl (C=O) groups is 2. The molecule has 136 valence electrons. The molecule has 2 amide bonds. The monoisotopic (exact) mass is 419 g/mol. The maximum Gasteiger partial charge on any atom is 0.270 e. The lowest BCUT2D eigenvalue weighted by Crippen LogP contribution is -2.38. The van der Waals surface area contributed by atoms with Crippen molar-refractivity contribution in [2.24, 2.45) is 0 Å². The Labute approximate surface area is 159 Å². The number of benzene rings is 2. The summed E-state index contributed by atoms with van der Waals surface area (Å²) >= 11 is 3.37. The van der Waals surface area contributed by atoms with Crippen LogP contribution in [0.25, 0.3) is 0 Å². The van der Waals surface area contributed by atoms with Crippen molar-refractivity contribution in [3.05, 3.63) is 74.2 Å². The van der Waals surface area contributed by atoms with E-state index in [-0.39, 0.29) is 29.7 Å². The van der Waals surface area contributed by atoms with Crippen LogP contribution in [0.4, 0.5) is 5.69 Å². The minimum absolute atomic E-state index is 0.131. The molecule has 0 heterocycles. The molecule has 1 unspecified atom stereocenters. The molecule has 7 nitrogen and oxygen atoms in total. The predicted octanol–water partition coefficient (Wildman–Crippen LogP) is 3.35. The van der Waals surface area contributed by atoms with E-state index in [0.717, 1.165) is 10.0 Å². The second-order valence-electron chi connectivity index (χ2n) is 5.57. The third-order valence-electron chi connectivity index (χ3n) is 3.74. The second kappa shape index (κ2) is 9.10. The number of halogens is 1. The zero-order valence-electron chi connectivity index (χ0n) is 14.1. The van der Waals surface area contributed by atoms with Crippen molar-refractivity contribution in [1.29, 1.82) is 0 Å². The zero-order valence-corrected chi connectivity index (χ0v) is 15.7. The van der Waals surface area contributed by atoms with Crippen LogP contribution in [-0.2, 0) is 4.79 Å². The van der Waals surface area contributed by atoms with E-state index in [4.69, 9.17) is 0 Å². The Hall–Kier alpha value is -2.74. The summed E-state index contributed by atoms with van der Waals surface area (Å²) in [6.07, 6.45) is 0.701. The quantitative estimate of drug-likeness (QED) is 0.530. The molecule has 0 saturated carbocycles. The molecule has 2 N–H and O–H groups in total.